The first-order chi connectivity index (χ1) is 13.7. The average molecular weight is 398 g/mol. The highest BCUT2D eigenvalue weighted by Gasteiger charge is 2.03. The number of carbonyl (C=O) groups excluding carboxylic acids is 2. The second kappa shape index (κ2) is 22.1. The maximum atomic E-state index is 11.6. The Labute approximate surface area is 172 Å². The Hall–Kier alpha value is -1.20. The summed E-state index contributed by atoms with van der Waals surface area (Å²) in [6.45, 7) is 1.81. The third-order valence-corrected chi connectivity index (χ3v) is 4.83. The third kappa shape index (κ3) is 21.1. The molecular weight excluding hydrogens is 354 g/mol. The van der Waals surface area contributed by atoms with Gasteiger partial charge in [0.2, 0.25) is 0 Å². The number of rotatable bonds is 21. The van der Waals surface area contributed by atoms with E-state index in [1.165, 1.54) is 51.4 Å². The lowest BCUT2D eigenvalue weighted by Gasteiger charge is -2.14. The van der Waals surface area contributed by atoms with Gasteiger partial charge in [-0.1, -0.05) is 50.7 Å². The molecule has 164 valence electrons. The highest BCUT2D eigenvalue weighted by atomic mass is 16.5. The first kappa shape index (κ1) is 26.8. The fraction of sp³-hybridized carbons (Fsp3) is 0.826. The molecule has 0 amide bonds. The molecule has 0 bridgehead atoms. The van der Waals surface area contributed by atoms with Crippen LogP contribution < -0.4 is 0 Å². The van der Waals surface area contributed by atoms with Crippen molar-refractivity contribution in [2.24, 2.45) is 0 Å². The van der Waals surface area contributed by atoms with Crippen LogP contribution in [0.2, 0.25) is 0 Å². The molecule has 28 heavy (non-hydrogen) atoms. The number of ether oxygens (including phenoxy) is 1. The van der Waals surface area contributed by atoms with Crippen molar-refractivity contribution in [1.82, 2.24) is 4.90 Å². The molecule has 0 aromatic rings. The topological polar surface area (TPSA) is 66.8 Å². The Morgan fingerprint density at radius 2 is 1.36 bits per heavy atom. The Morgan fingerprint density at radius 3 is 1.93 bits per heavy atom. The predicted molar refractivity (Wildman–Crippen MR) is 115 cm³/mol. The molecule has 0 heterocycles. The number of carbonyl (C=O) groups is 2. The minimum Gasteiger partial charge on any atom is -0.464 e. The summed E-state index contributed by atoms with van der Waals surface area (Å²) in [5.74, 6) is -0.107. The van der Waals surface area contributed by atoms with Gasteiger partial charge in [0.25, 0.3) is 0 Å². The van der Waals surface area contributed by atoms with Crippen molar-refractivity contribution < 1.29 is 19.4 Å². The van der Waals surface area contributed by atoms with Gasteiger partial charge in [-0.05, 0) is 45.6 Å². The fourth-order valence-corrected chi connectivity index (χ4v) is 2.99. The van der Waals surface area contributed by atoms with Crippen LogP contribution in [0.15, 0.2) is 12.2 Å². The standard InChI is InChI=1S/C23H43NO4/c1-24(18-21-26)19-22-28-23(27)17-15-13-11-9-7-5-3-2-4-6-8-10-12-14-16-20-25/h2-3,20,26H,4-19,21-22H2,1H3/b3-2+. The van der Waals surface area contributed by atoms with Crippen molar-refractivity contribution >= 4 is 12.3 Å². The largest absolute Gasteiger partial charge is 0.464 e. The Morgan fingerprint density at radius 1 is 0.821 bits per heavy atom. The minimum atomic E-state index is -0.107. The van der Waals surface area contributed by atoms with Crippen LogP contribution in [0.3, 0.4) is 0 Å². The van der Waals surface area contributed by atoms with Crippen molar-refractivity contribution in [2.75, 3.05) is 33.4 Å². The summed E-state index contributed by atoms with van der Waals surface area (Å²) >= 11 is 0. The Kier molecular flexibility index (Phi) is 21.1. The first-order valence-electron chi connectivity index (χ1n) is 11.2. The van der Waals surface area contributed by atoms with Gasteiger partial charge in [-0.3, -0.25) is 4.79 Å². The van der Waals surface area contributed by atoms with E-state index in [-0.39, 0.29) is 12.6 Å². The molecule has 0 atom stereocenters. The van der Waals surface area contributed by atoms with Crippen LogP contribution in [0.4, 0.5) is 0 Å². The SMILES string of the molecule is CN(CCO)CCOC(=O)CCCCCCC/C=C/CCCCCCCC=O. The van der Waals surface area contributed by atoms with Crippen molar-refractivity contribution in [3.05, 3.63) is 12.2 Å². The van der Waals surface area contributed by atoms with Gasteiger partial charge in [-0.25, -0.2) is 0 Å². The summed E-state index contributed by atoms with van der Waals surface area (Å²) in [5, 5.41) is 8.79. The summed E-state index contributed by atoms with van der Waals surface area (Å²) in [6, 6.07) is 0. The number of nitrogens with zero attached hydrogens (tertiary/aromatic N) is 1. The number of hydrogen-bond donors (Lipinski definition) is 1. The van der Waals surface area contributed by atoms with Gasteiger partial charge in [0.1, 0.15) is 12.9 Å². The van der Waals surface area contributed by atoms with Crippen LogP contribution in [0, 0.1) is 0 Å². The molecule has 1 N–H and O–H groups in total. The summed E-state index contributed by atoms with van der Waals surface area (Å²) in [5.41, 5.74) is 0. The summed E-state index contributed by atoms with van der Waals surface area (Å²) < 4.78 is 5.20. The Bertz CT molecular complexity index is 385. The zero-order valence-corrected chi connectivity index (χ0v) is 18.1. The number of likely N-dealkylation sites (N-methyl/N-ethyl adjacent to an activating group) is 1. The second-order valence-electron chi connectivity index (χ2n) is 7.54. The van der Waals surface area contributed by atoms with E-state index in [1.54, 1.807) is 0 Å². The molecule has 0 aliphatic carbocycles. The number of hydrogen-bond acceptors (Lipinski definition) is 5. The van der Waals surface area contributed by atoms with E-state index < -0.39 is 0 Å². The smallest absolute Gasteiger partial charge is 0.305 e. The monoisotopic (exact) mass is 397 g/mol. The maximum absolute atomic E-state index is 11.6. The Balaban J connectivity index is 3.26. The van der Waals surface area contributed by atoms with Crippen molar-refractivity contribution in [2.45, 2.75) is 89.9 Å². The molecule has 5 heteroatoms. The van der Waals surface area contributed by atoms with E-state index in [4.69, 9.17) is 9.84 Å². The fourth-order valence-electron chi connectivity index (χ4n) is 2.99. The lowest BCUT2D eigenvalue weighted by molar-refractivity contribution is -0.144. The molecule has 0 rings (SSSR count). The van der Waals surface area contributed by atoms with Gasteiger partial charge in [0.05, 0.1) is 6.61 Å². The lowest BCUT2D eigenvalue weighted by atomic mass is 10.1. The summed E-state index contributed by atoms with van der Waals surface area (Å²) in [6.07, 6.45) is 20.8. The molecular formula is C23H43NO4. The number of allylic oxidation sites excluding steroid dienone is 2. The van der Waals surface area contributed by atoms with E-state index in [0.717, 1.165) is 32.0 Å². The van der Waals surface area contributed by atoms with Gasteiger partial charge in [-0.15, -0.1) is 0 Å². The summed E-state index contributed by atoms with van der Waals surface area (Å²) in [7, 11) is 1.90. The molecule has 0 aromatic heterocycles. The first-order valence-corrected chi connectivity index (χ1v) is 11.2. The van der Waals surface area contributed by atoms with Crippen molar-refractivity contribution in [1.29, 1.82) is 0 Å². The number of unbranched alkanes of at least 4 members (excludes halogenated alkanes) is 11. The zero-order valence-electron chi connectivity index (χ0n) is 18.1. The van der Waals surface area contributed by atoms with E-state index in [9.17, 15) is 9.59 Å². The number of esters is 1. The van der Waals surface area contributed by atoms with Crippen molar-refractivity contribution in [3.8, 4) is 0 Å². The van der Waals surface area contributed by atoms with Crippen molar-refractivity contribution in [3.63, 3.8) is 0 Å². The second-order valence-corrected chi connectivity index (χ2v) is 7.54. The van der Waals surface area contributed by atoms with Crippen LogP contribution in [0.25, 0.3) is 0 Å². The van der Waals surface area contributed by atoms with E-state index in [2.05, 4.69) is 12.2 Å². The van der Waals surface area contributed by atoms with Gasteiger partial charge < -0.3 is 19.5 Å². The molecule has 0 aliphatic heterocycles. The normalized spacial score (nSPS) is 11.4. The van der Waals surface area contributed by atoms with E-state index in [0.29, 0.717) is 32.5 Å². The number of aliphatic hydroxyl groups is 1. The van der Waals surface area contributed by atoms with Gasteiger partial charge in [-0.2, -0.15) is 0 Å². The number of aldehydes is 1. The molecule has 0 unspecified atom stereocenters. The van der Waals surface area contributed by atoms with E-state index >= 15 is 0 Å². The molecule has 0 saturated carbocycles. The molecule has 0 aliphatic rings. The summed E-state index contributed by atoms with van der Waals surface area (Å²) in [4.78, 5) is 23.8. The zero-order chi connectivity index (χ0) is 20.7. The third-order valence-electron chi connectivity index (χ3n) is 4.83. The average Bonchev–Trinajstić information content (AvgIpc) is 2.68. The predicted octanol–water partition coefficient (Wildman–Crippen LogP) is 4.67. The van der Waals surface area contributed by atoms with Crippen LogP contribution in [-0.4, -0.2) is 55.6 Å². The van der Waals surface area contributed by atoms with Crippen LogP contribution in [0.1, 0.15) is 89.9 Å². The lowest BCUT2D eigenvalue weighted by Crippen LogP contribution is -2.27. The molecule has 5 nitrogen and oxygen atoms in total. The molecule has 0 aromatic carbocycles. The van der Waals surface area contributed by atoms with Crippen LogP contribution in [0.5, 0.6) is 0 Å². The maximum Gasteiger partial charge on any atom is 0.305 e. The molecule has 0 radical (unpaired) electrons. The quantitative estimate of drug-likeness (QED) is 0.132. The number of aliphatic hydroxyl groups excluding tert-OH is 1. The van der Waals surface area contributed by atoms with Crippen LogP contribution in [-0.2, 0) is 14.3 Å². The molecule has 0 saturated heterocycles. The molecule has 0 spiro atoms. The van der Waals surface area contributed by atoms with Gasteiger partial charge >= 0.3 is 5.97 Å². The van der Waals surface area contributed by atoms with Crippen LogP contribution >= 0.6 is 0 Å². The highest BCUT2D eigenvalue weighted by molar-refractivity contribution is 5.69. The van der Waals surface area contributed by atoms with Gasteiger partial charge in [0.15, 0.2) is 0 Å². The highest BCUT2D eigenvalue weighted by Crippen LogP contribution is 2.10. The molecule has 0 fully saturated rings. The minimum absolute atomic E-state index is 0.107. The van der Waals surface area contributed by atoms with E-state index in [1.807, 2.05) is 11.9 Å². The van der Waals surface area contributed by atoms with Gasteiger partial charge in [0, 0.05) is 25.9 Å².